The molecule has 13 heavy (non-hydrogen) atoms. The summed E-state index contributed by atoms with van der Waals surface area (Å²) in [5, 5.41) is 3.56. The molecule has 0 saturated carbocycles. The van der Waals surface area contributed by atoms with Crippen LogP contribution < -0.4 is 5.32 Å². The molecule has 1 nitrogen and oxygen atoms in total. The van der Waals surface area contributed by atoms with Crippen molar-refractivity contribution in [3.63, 3.8) is 0 Å². The minimum absolute atomic E-state index is 0.689. The lowest BCUT2D eigenvalue weighted by molar-refractivity contribution is 0.439. The van der Waals surface area contributed by atoms with Crippen LogP contribution >= 0.6 is 11.8 Å². The Kier molecular flexibility index (Phi) is 9.10. The van der Waals surface area contributed by atoms with Gasteiger partial charge in [-0.15, -0.1) is 0 Å². The van der Waals surface area contributed by atoms with Gasteiger partial charge < -0.3 is 5.32 Å². The standard InChI is InChI=1S/C11H25NS/c1-10(2)9-11(3)12-7-5-6-8-13-4/h10-12H,5-9H2,1-4H3. The predicted molar refractivity (Wildman–Crippen MR) is 64.5 cm³/mol. The Balaban J connectivity index is 3.12. The van der Waals surface area contributed by atoms with Crippen molar-refractivity contribution in [2.75, 3.05) is 18.6 Å². The summed E-state index contributed by atoms with van der Waals surface area (Å²) in [4.78, 5) is 0. The maximum Gasteiger partial charge on any atom is 0.00411 e. The van der Waals surface area contributed by atoms with Crippen LogP contribution in [-0.4, -0.2) is 24.6 Å². The number of unbranched alkanes of at least 4 members (excludes halogenated alkanes) is 1. The Morgan fingerprint density at radius 1 is 1.15 bits per heavy atom. The van der Waals surface area contributed by atoms with Crippen LogP contribution in [0.3, 0.4) is 0 Å². The Bertz CT molecular complexity index is 104. The second kappa shape index (κ2) is 8.89. The van der Waals surface area contributed by atoms with E-state index in [-0.39, 0.29) is 0 Å². The molecule has 0 aliphatic heterocycles. The average molecular weight is 203 g/mol. The maximum absolute atomic E-state index is 3.56. The summed E-state index contributed by atoms with van der Waals surface area (Å²) in [5.41, 5.74) is 0. The van der Waals surface area contributed by atoms with Gasteiger partial charge in [0.15, 0.2) is 0 Å². The zero-order chi connectivity index (χ0) is 10.1. The first-order chi connectivity index (χ1) is 6.16. The normalized spacial score (nSPS) is 13.6. The molecule has 0 rings (SSSR count). The molecule has 0 aliphatic rings. The zero-order valence-corrected chi connectivity index (χ0v) is 10.4. The molecule has 0 heterocycles. The van der Waals surface area contributed by atoms with Crippen LogP contribution in [0, 0.1) is 5.92 Å². The molecule has 0 spiro atoms. The van der Waals surface area contributed by atoms with Gasteiger partial charge in [0.05, 0.1) is 0 Å². The molecular formula is C11H25NS. The maximum atomic E-state index is 3.56. The summed E-state index contributed by atoms with van der Waals surface area (Å²) >= 11 is 1.94. The summed E-state index contributed by atoms with van der Waals surface area (Å²) in [6, 6.07) is 0.689. The lowest BCUT2D eigenvalue weighted by atomic mass is 10.1. The quantitative estimate of drug-likeness (QED) is 0.608. The number of rotatable bonds is 8. The fraction of sp³-hybridized carbons (Fsp3) is 1.00. The molecule has 1 unspecified atom stereocenters. The molecule has 0 aromatic rings. The van der Waals surface area contributed by atoms with E-state index in [1.54, 1.807) is 0 Å². The highest BCUT2D eigenvalue weighted by Gasteiger charge is 2.02. The van der Waals surface area contributed by atoms with Crippen molar-refractivity contribution < 1.29 is 0 Å². The first-order valence-corrected chi connectivity index (χ1v) is 6.78. The van der Waals surface area contributed by atoms with E-state index < -0.39 is 0 Å². The molecule has 80 valence electrons. The average Bonchev–Trinajstić information content (AvgIpc) is 2.02. The minimum Gasteiger partial charge on any atom is -0.314 e. The van der Waals surface area contributed by atoms with Gasteiger partial charge in [0.1, 0.15) is 0 Å². The van der Waals surface area contributed by atoms with Crippen molar-refractivity contribution in [3.05, 3.63) is 0 Å². The lowest BCUT2D eigenvalue weighted by Gasteiger charge is -2.15. The van der Waals surface area contributed by atoms with Crippen LogP contribution in [0.25, 0.3) is 0 Å². The van der Waals surface area contributed by atoms with Crippen molar-refractivity contribution in [1.29, 1.82) is 0 Å². The van der Waals surface area contributed by atoms with Gasteiger partial charge in [0, 0.05) is 6.04 Å². The summed E-state index contributed by atoms with van der Waals surface area (Å²) in [5.74, 6) is 2.12. The van der Waals surface area contributed by atoms with E-state index in [9.17, 15) is 0 Å². The van der Waals surface area contributed by atoms with Crippen LogP contribution in [0.15, 0.2) is 0 Å². The van der Waals surface area contributed by atoms with Gasteiger partial charge in [-0.1, -0.05) is 13.8 Å². The Hall–Kier alpha value is 0.310. The molecule has 2 heteroatoms. The predicted octanol–water partition coefficient (Wildman–Crippen LogP) is 3.15. The number of thioether (sulfide) groups is 1. The molecule has 0 radical (unpaired) electrons. The van der Waals surface area contributed by atoms with Crippen molar-refractivity contribution in [2.24, 2.45) is 5.92 Å². The second-order valence-electron chi connectivity index (χ2n) is 4.18. The van der Waals surface area contributed by atoms with E-state index in [1.165, 1.54) is 31.6 Å². The number of nitrogens with one attached hydrogen (secondary N) is 1. The van der Waals surface area contributed by atoms with E-state index >= 15 is 0 Å². The van der Waals surface area contributed by atoms with Gasteiger partial charge in [0.2, 0.25) is 0 Å². The Morgan fingerprint density at radius 2 is 1.85 bits per heavy atom. The van der Waals surface area contributed by atoms with Crippen LogP contribution in [0.4, 0.5) is 0 Å². The SMILES string of the molecule is CSCCCCNC(C)CC(C)C. The highest BCUT2D eigenvalue weighted by molar-refractivity contribution is 7.98. The fourth-order valence-corrected chi connectivity index (χ4v) is 2.00. The summed E-state index contributed by atoms with van der Waals surface area (Å²) in [7, 11) is 0. The monoisotopic (exact) mass is 203 g/mol. The molecule has 1 atom stereocenters. The first-order valence-electron chi connectivity index (χ1n) is 5.39. The molecule has 0 aliphatic carbocycles. The molecule has 0 aromatic heterocycles. The lowest BCUT2D eigenvalue weighted by Crippen LogP contribution is -2.28. The topological polar surface area (TPSA) is 12.0 Å². The molecule has 0 fully saturated rings. The van der Waals surface area contributed by atoms with Gasteiger partial charge in [-0.3, -0.25) is 0 Å². The second-order valence-corrected chi connectivity index (χ2v) is 5.17. The highest BCUT2D eigenvalue weighted by atomic mass is 32.2. The van der Waals surface area contributed by atoms with Crippen LogP contribution in [0.2, 0.25) is 0 Å². The zero-order valence-electron chi connectivity index (χ0n) is 9.60. The number of hydrogen-bond donors (Lipinski definition) is 1. The van der Waals surface area contributed by atoms with Crippen molar-refractivity contribution in [1.82, 2.24) is 5.32 Å². The van der Waals surface area contributed by atoms with Gasteiger partial charge in [-0.2, -0.15) is 11.8 Å². The third kappa shape index (κ3) is 10.2. The van der Waals surface area contributed by atoms with E-state index in [0.717, 1.165) is 5.92 Å². The summed E-state index contributed by atoms with van der Waals surface area (Å²) < 4.78 is 0. The van der Waals surface area contributed by atoms with E-state index in [4.69, 9.17) is 0 Å². The molecular weight excluding hydrogens is 178 g/mol. The van der Waals surface area contributed by atoms with Crippen molar-refractivity contribution >= 4 is 11.8 Å². The van der Waals surface area contributed by atoms with E-state index in [1.807, 2.05) is 11.8 Å². The molecule has 0 aromatic carbocycles. The number of hydrogen-bond acceptors (Lipinski definition) is 2. The molecule has 0 bridgehead atoms. The highest BCUT2D eigenvalue weighted by Crippen LogP contribution is 2.04. The minimum atomic E-state index is 0.689. The first kappa shape index (κ1) is 13.3. The Labute approximate surface area is 88.1 Å². The van der Waals surface area contributed by atoms with Gasteiger partial charge >= 0.3 is 0 Å². The van der Waals surface area contributed by atoms with Crippen molar-refractivity contribution in [2.45, 2.75) is 46.1 Å². The molecule has 0 amide bonds. The summed E-state index contributed by atoms with van der Waals surface area (Å²) in [6.07, 6.45) is 6.14. The summed E-state index contributed by atoms with van der Waals surface area (Å²) in [6.45, 7) is 8.04. The molecule has 0 saturated heterocycles. The van der Waals surface area contributed by atoms with Gasteiger partial charge in [-0.05, 0) is 50.7 Å². The van der Waals surface area contributed by atoms with Crippen LogP contribution in [0.1, 0.15) is 40.0 Å². The van der Waals surface area contributed by atoms with Gasteiger partial charge in [0.25, 0.3) is 0 Å². The van der Waals surface area contributed by atoms with Crippen molar-refractivity contribution in [3.8, 4) is 0 Å². The smallest absolute Gasteiger partial charge is 0.00411 e. The molecule has 1 N–H and O–H groups in total. The van der Waals surface area contributed by atoms with E-state index in [0.29, 0.717) is 6.04 Å². The Morgan fingerprint density at radius 3 is 2.38 bits per heavy atom. The van der Waals surface area contributed by atoms with Crippen LogP contribution in [0.5, 0.6) is 0 Å². The van der Waals surface area contributed by atoms with Crippen LogP contribution in [-0.2, 0) is 0 Å². The largest absolute Gasteiger partial charge is 0.314 e. The fourth-order valence-electron chi connectivity index (χ4n) is 1.51. The third-order valence-corrected chi connectivity index (χ3v) is 2.79. The van der Waals surface area contributed by atoms with Gasteiger partial charge in [-0.25, -0.2) is 0 Å². The third-order valence-electron chi connectivity index (χ3n) is 2.09. The van der Waals surface area contributed by atoms with E-state index in [2.05, 4.69) is 32.3 Å².